The molecule has 7 heteroatoms. The molecule has 0 bridgehead atoms. The summed E-state index contributed by atoms with van der Waals surface area (Å²) < 4.78 is 13.3. The average Bonchev–Trinajstić information content (AvgIpc) is 3.18. The third-order valence-electron chi connectivity index (χ3n) is 4.34. The number of carbonyl (C=O) groups excluding carboxylic acids is 1. The zero-order chi connectivity index (χ0) is 17.6. The first-order valence-corrected chi connectivity index (χ1v) is 8.51. The molecule has 1 aromatic carbocycles. The smallest absolute Gasteiger partial charge is 0.234 e. The highest BCUT2D eigenvalue weighted by molar-refractivity contribution is 5.78. The molecular formula is C18H24N4O3. The van der Waals surface area contributed by atoms with Crippen molar-refractivity contribution in [3.63, 3.8) is 0 Å². The van der Waals surface area contributed by atoms with Gasteiger partial charge in [0.25, 0.3) is 0 Å². The molecule has 7 nitrogen and oxygen atoms in total. The molecular weight excluding hydrogens is 320 g/mol. The highest BCUT2D eigenvalue weighted by Crippen LogP contribution is 2.30. The number of fused-ring (bicyclic) bond motifs is 1. The summed E-state index contributed by atoms with van der Waals surface area (Å²) in [5, 5.41) is 10.3. The lowest BCUT2D eigenvalue weighted by atomic mass is 10.2. The fraction of sp³-hybridized carbons (Fsp3) is 0.444. The molecule has 3 rings (SSSR count). The Bertz CT molecular complexity index is 689. The fourth-order valence-corrected chi connectivity index (χ4v) is 2.63. The standard InChI is InChI=1S/C18H24N4O3/c1-13(14(2)22-9-5-8-21-22)19-11-18(23)20-10-15-12-24-16-6-3-4-7-17(16)25-15/h3-9,13-15,19H,10-12H2,1-2H3,(H,20,23)/t13-,14-,15-/m0/s1. The van der Waals surface area contributed by atoms with E-state index in [9.17, 15) is 4.79 Å². The van der Waals surface area contributed by atoms with Crippen LogP contribution in [-0.4, -0.2) is 47.5 Å². The molecule has 0 aliphatic carbocycles. The van der Waals surface area contributed by atoms with Crippen molar-refractivity contribution < 1.29 is 14.3 Å². The van der Waals surface area contributed by atoms with E-state index in [-0.39, 0.29) is 30.6 Å². The summed E-state index contributed by atoms with van der Waals surface area (Å²) in [6.45, 7) is 5.19. The highest BCUT2D eigenvalue weighted by Gasteiger charge is 2.21. The van der Waals surface area contributed by atoms with Gasteiger partial charge in [-0.15, -0.1) is 0 Å². The van der Waals surface area contributed by atoms with Crippen LogP contribution in [0.5, 0.6) is 11.5 Å². The van der Waals surface area contributed by atoms with Crippen molar-refractivity contribution in [2.75, 3.05) is 19.7 Å². The predicted octanol–water partition coefficient (Wildman–Crippen LogP) is 1.38. The van der Waals surface area contributed by atoms with E-state index in [1.807, 2.05) is 48.1 Å². The number of rotatable bonds is 7. The second kappa shape index (κ2) is 8.02. The van der Waals surface area contributed by atoms with E-state index in [1.165, 1.54) is 0 Å². The SMILES string of the molecule is C[C@H](NCC(=O)NC[C@H]1COc2ccccc2O1)[C@H](C)n1cccn1. The van der Waals surface area contributed by atoms with Gasteiger partial charge in [-0.1, -0.05) is 12.1 Å². The Labute approximate surface area is 147 Å². The molecule has 3 atom stereocenters. The maximum absolute atomic E-state index is 12.1. The third kappa shape index (κ3) is 4.51. The number of benzene rings is 1. The molecule has 25 heavy (non-hydrogen) atoms. The Hall–Kier alpha value is -2.54. The molecule has 2 aromatic rings. The number of aromatic nitrogens is 2. The largest absolute Gasteiger partial charge is 0.486 e. The van der Waals surface area contributed by atoms with Crippen molar-refractivity contribution in [2.45, 2.75) is 32.0 Å². The summed E-state index contributed by atoms with van der Waals surface area (Å²) in [5.41, 5.74) is 0. The molecule has 0 unspecified atom stereocenters. The highest BCUT2D eigenvalue weighted by atomic mass is 16.6. The second-order valence-electron chi connectivity index (χ2n) is 6.20. The average molecular weight is 344 g/mol. The van der Waals surface area contributed by atoms with Crippen LogP contribution in [0.2, 0.25) is 0 Å². The normalized spacial score (nSPS) is 18.4. The molecule has 1 aromatic heterocycles. The number of nitrogens with one attached hydrogen (secondary N) is 2. The maximum Gasteiger partial charge on any atom is 0.234 e. The number of amides is 1. The Balaban J connectivity index is 1.39. The topological polar surface area (TPSA) is 77.4 Å². The van der Waals surface area contributed by atoms with Crippen LogP contribution in [0.3, 0.4) is 0 Å². The van der Waals surface area contributed by atoms with Crippen molar-refractivity contribution in [2.24, 2.45) is 0 Å². The second-order valence-corrected chi connectivity index (χ2v) is 6.20. The summed E-state index contributed by atoms with van der Waals surface area (Å²) in [4.78, 5) is 12.1. The molecule has 1 aliphatic rings. The van der Waals surface area contributed by atoms with Crippen LogP contribution in [0.15, 0.2) is 42.7 Å². The van der Waals surface area contributed by atoms with Crippen molar-refractivity contribution in [3.8, 4) is 11.5 Å². The van der Waals surface area contributed by atoms with E-state index in [1.54, 1.807) is 6.20 Å². The van der Waals surface area contributed by atoms with Gasteiger partial charge in [-0.2, -0.15) is 5.10 Å². The predicted molar refractivity (Wildman–Crippen MR) is 93.8 cm³/mol. The van der Waals surface area contributed by atoms with Crippen LogP contribution in [0, 0.1) is 0 Å². The van der Waals surface area contributed by atoms with Gasteiger partial charge in [0, 0.05) is 18.4 Å². The van der Waals surface area contributed by atoms with Crippen LogP contribution in [-0.2, 0) is 4.79 Å². The van der Waals surface area contributed by atoms with Gasteiger partial charge in [-0.25, -0.2) is 0 Å². The van der Waals surface area contributed by atoms with Gasteiger partial charge in [-0.05, 0) is 32.0 Å². The summed E-state index contributed by atoms with van der Waals surface area (Å²) in [7, 11) is 0. The first kappa shape index (κ1) is 17.3. The van der Waals surface area contributed by atoms with Crippen molar-refractivity contribution in [1.82, 2.24) is 20.4 Å². The molecule has 0 spiro atoms. The van der Waals surface area contributed by atoms with Gasteiger partial charge in [-0.3, -0.25) is 9.48 Å². The van der Waals surface area contributed by atoms with E-state index in [0.29, 0.717) is 18.9 Å². The quantitative estimate of drug-likeness (QED) is 0.793. The molecule has 0 fully saturated rings. The lowest BCUT2D eigenvalue weighted by Crippen LogP contribution is -2.45. The summed E-state index contributed by atoms with van der Waals surface area (Å²) >= 11 is 0. The van der Waals surface area contributed by atoms with Gasteiger partial charge in [0.2, 0.25) is 5.91 Å². The first-order valence-electron chi connectivity index (χ1n) is 8.51. The van der Waals surface area contributed by atoms with Gasteiger partial charge in [0.1, 0.15) is 12.7 Å². The van der Waals surface area contributed by atoms with E-state index in [2.05, 4.69) is 22.7 Å². The first-order chi connectivity index (χ1) is 12.1. The van der Waals surface area contributed by atoms with E-state index >= 15 is 0 Å². The molecule has 0 radical (unpaired) electrons. The van der Waals surface area contributed by atoms with Crippen LogP contribution >= 0.6 is 0 Å². The number of nitrogens with zero attached hydrogens (tertiary/aromatic N) is 2. The zero-order valence-corrected chi connectivity index (χ0v) is 14.5. The molecule has 1 amide bonds. The van der Waals surface area contributed by atoms with Gasteiger partial charge >= 0.3 is 0 Å². The summed E-state index contributed by atoms with van der Waals surface area (Å²) in [5.74, 6) is 1.39. The summed E-state index contributed by atoms with van der Waals surface area (Å²) in [6, 6.07) is 9.71. The number of hydrogen-bond donors (Lipinski definition) is 2. The van der Waals surface area contributed by atoms with Crippen molar-refractivity contribution in [1.29, 1.82) is 0 Å². The van der Waals surface area contributed by atoms with E-state index < -0.39 is 0 Å². The zero-order valence-electron chi connectivity index (χ0n) is 14.5. The Morgan fingerprint density at radius 3 is 2.88 bits per heavy atom. The summed E-state index contributed by atoms with van der Waals surface area (Å²) in [6.07, 6.45) is 3.49. The maximum atomic E-state index is 12.1. The molecule has 1 aliphatic heterocycles. The van der Waals surface area contributed by atoms with Crippen LogP contribution < -0.4 is 20.1 Å². The lowest BCUT2D eigenvalue weighted by Gasteiger charge is -2.26. The van der Waals surface area contributed by atoms with Crippen LogP contribution in [0.4, 0.5) is 0 Å². The Morgan fingerprint density at radius 1 is 1.32 bits per heavy atom. The molecule has 0 saturated heterocycles. The number of ether oxygens (including phenoxy) is 2. The van der Waals surface area contributed by atoms with Crippen molar-refractivity contribution >= 4 is 5.91 Å². The third-order valence-corrected chi connectivity index (χ3v) is 4.34. The van der Waals surface area contributed by atoms with E-state index in [0.717, 1.165) is 5.75 Å². The minimum absolute atomic E-state index is 0.0676. The van der Waals surface area contributed by atoms with Gasteiger partial charge in [0.05, 0.1) is 19.1 Å². The van der Waals surface area contributed by atoms with Gasteiger partial charge in [0.15, 0.2) is 11.5 Å². The number of carbonyl (C=O) groups is 1. The minimum atomic E-state index is -0.181. The molecule has 2 heterocycles. The lowest BCUT2D eigenvalue weighted by molar-refractivity contribution is -0.120. The molecule has 134 valence electrons. The molecule has 0 saturated carbocycles. The number of hydrogen-bond acceptors (Lipinski definition) is 5. The monoisotopic (exact) mass is 344 g/mol. The van der Waals surface area contributed by atoms with E-state index in [4.69, 9.17) is 9.47 Å². The van der Waals surface area contributed by atoms with Crippen LogP contribution in [0.1, 0.15) is 19.9 Å². The Morgan fingerprint density at radius 2 is 2.12 bits per heavy atom. The van der Waals surface area contributed by atoms with Gasteiger partial charge < -0.3 is 20.1 Å². The van der Waals surface area contributed by atoms with Crippen molar-refractivity contribution in [3.05, 3.63) is 42.7 Å². The van der Waals surface area contributed by atoms with Crippen LogP contribution in [0.25, 0.3) is 0 Å². The minimum Gasteiger partial charge on any atom is -0.486 e. The Kier molecular flexibility index (Phi) is 5.55. The number of para-hydroxylation sites is 2. The fourth-order valence-electron chi connectivity index (χ4n) is 2.63. The molecule has 2 N–H and O–H groups in total.